The van der Waals surface area contributed by atoms with Crippen LogP contribution in [0.4, 0.5) is 17.1 Å². The standard InChI is InChI=1S/C49H31NOS/c1-2-10-32(11-3-1)34-18-19-36-29-37(23-21-35(36)28-34)50(38-22-20-33-26-27-51-46(33)30-38)39-24-25-45-48(31-39)52-47-17-9-8-16-44(47)49(45)42-14-6-4-12-40(42)41-13-5-7-15-43(41)49/h1-31H. The molecule has 2 nitrogen and oxygen atoms in total. The van der Waals surface area contributed by atoms with E-state index in [2.05, 4.69) is 181 Å². The van der Waals surface area contributed by atoms with E-state index in [0.29, 0.717) is 0 Å². The smallest absolute Gasteiger partial charge is 0.135 e. The van der Waals surface area contributed by atoms with Gasteiger partial charge in [-0.05, 0) is 110 Å². The van der Waals surface area contributed by atoms with Crippen LogP contribution in [0.15, 0.2) is 202 Å². The fraction of sp³-hybridized carbons (Fsp3) is 0.0204. The van der Waals surface area contributed by atoms with Crippen molar-refractivity contribution in [2.24, 2.45) is 0 Å². The van der Waals surface area contributed by atoms with E-state index in [9.17, 15) is 0 Å². The van der Waals surface area contributed by atoms with Crippen molar-refractivity contribution in [1.29, 1.82) is 0 Å². The van der Waals surface area contributed by atoms with Crippen molar-refractivity contribution >= 4 is 50.6 Å². The first-order valence-corrected chi connectivity index (χ1v) is 18.6. The summed E-state index contributed by atoms with van der Waals surface area (Å²) in [5.41, 5.74) is 14.2. The number of anilines is 3. The summed E-state index contributed by atoms with van der Waals surface area (Å²) in [7, 11) is 0. The molecule has 1 aliphatic heterocycles. The molecule has 9 aromatic rings. The minimum Gasteiger partial charge on any atom is -0.464 e. The Labute approximate surface area is 306 Å². The van der Waals surface area contributed by atoms with E-state index in [1.165, 1.54) is 65.1 Å². The van der Waals surface area contributed by atoms with E-state index in [-0.39, 0.29) is 0 Å². The average Bonchev–Trinajstić information content (AvgIpc) is 3.79. The Kier molecular flexibility index (Phi) is 6.43. The molecule has 244 valence electrons. The van der Waals surface area contributed by atoms with Gasteiger partial charge in [-0.2, -0.15) is 0 Å². The lowest BCUT2D eigenvalue weighted by molar-refractivity contribution is 0.616. The van der Waals surface area contributed by atoms with Crippen LogP contribution in [0.1, 0.15) is 22.3 Å². The highest BCUT2D eigenvalue weighted by Crippen LogP contribution is 2.62. The molecule has 0 unspecified atom stereocenters. The monoisotopic (exact) mass is 681 g/mol. The number of furan rings is 1. The average molecular weight is 682 g/mol. The lowest BCUT2D eigenvalue weighted by Gasteiger charge is -2.40. The zero-order valence-corrected chi connectivity index (χ0v) is 29.0. The lowest BCUT2D eigenvalue weighted by Crippen LogP contribution is -2.32. The van der Waals surface area contributed by atoms with Gasteiger partial charge in [-0.25, -0.2) is 0 Å². The number of fused-ring (bicyclic) bond motifs is 11. The van der Waals surface area contributed by atoms with Crippen LogP contribution in [-0.2, 0) is 5.41 Å². The summed E-state index contributed by atoms with van der Waals surface area (Å²) in [5, 5.41) is 3.50. The summed E-state index contributed by atoms with van der Waals surface area (Å²) in [4.78, 5) is 4.93. The predicted octanol–water partition coefficient (Wildman–Crippen LogP) is 13.6. The molecule has 3 heteroatoms. The second-order valence-electron chi connectivity index (χ2n) is 13.7. The summed E-state index contributed by atoms with van der Waals surface area (Å²) in [6.45, 7) is 0. The molecule has 11 rings (SSSR count). The van der Waals surface area contributed by atoms with Gasteiger partial charge in [-0.15, -0.1) is 0 Å². The molecule has 1 aromatic heterocycles. The van der Waals surface area contributed by atoms with Crippen LogP contribution in [-0.4, -0.2) is 0 Å². The third kappa shape index (κ3) is 4.27. The Balaban J connectivity index is 1.12. The molecule has 0 N–H and O–H groups in total. The van der Waals surface area contributed by atoms with Crippen LogP contribution < -0.4 is 4.90 Å². The van der Waals surface area contributed by atoms with Crippen molar-refractivity contribution in [1.82, 2.24) is 0 Å². The Morgan fingerprint density at radius 3 is 1.81 bits per heavy atom. The summed E-state index contributed by atoms with van der Waals surface area (Å²) >= 11 is 1.88. The van der Waals surface area contributed by atoms with Gasteiger partial charge in [-0.1, -0.05) is 133 Å². The SMILES string of the molecule is c1ccc(-c2ccc3cc(N(c4ccc5c(c4)Sc4ccccc4C54c5ccccc5-c5ccccc54)c4ccc5ccoc5c4)ccc3c2)cc1. The van der Waals surface area contributed by atoms with Crippen LogP contribution in [0, 0.1) is 0 Å². The largest absolute Gasteiger partial charge is 0.464 e. The number of hydrogen-bond donors (Lipinski definition) is 0. The molecule has 0 amide bonds. The zero-order valence-electron chi connectivity index (χ0n) is 28.2. The molecular formula is C49H31NOS. The highest BCUT2D eigenvalue weighted by molar-refractivity contribution is 7.99. The quantitative estimate of drug-likeness (QED) is 0.184. The van der Waals surface area contributed by atoms with Gasteiger partial charge in [0.1, 0.15) is 5.58 Å². The minimum absolute atomic E-state index is 0.403. The molecule has 0 fully saturated rings. The molecule has 8 aromatic carbocycles. The summed E-state index contributed by atoms with van der Waals surface area (Å²) in [5.74, 6) is 0. The molecule has 0 saturated carbocycles. The van der Waals surface area contributed by atoms with E-state index < -0.39 is 5.41 Å². The van der Waals surface area contributed by atoms with Gasteiger partial charge in [0, 0.05) is 38.3 Å². The third-order valence-electron chi connectivity index (χ3n) is 11.0. The molecule has 0 saturated heterocycles. The van der Waals surface area contributed by atoms with Crippen LogP contribution in [0.3, 0.4) is 0 Å². The van der Waals surface area contributed by atoms with E-state index in [1.54, 1.807) is 6.26 Å². The van der Waals surface area contributed by atoms with Crippen molar-refractivity contribution in [3.05, 3.63) is 211 Å². The Morgan fingerprint density at radius 2 is 1.00 bits per heavy atom. The van der Waals surface area contributed by atoms with Gasteiger partial charge in [0.2, 0.25) is 0 Å². The van der Waals surface area contributed by atoms with E-state index >= 15 is 0 Å². The first kappa shape index (κ1) is 29.4. The van der Waals surface area contributed by atoms with Gasteiger partial charge >= 0.3 is 0 Å². The first-order chi connectivity index (χ1) is 25.8. The normalized spacial score (nSPS) is 13.5. The molecule has 0 bridgehead atoms. The van der Waals surface area contributed by atoms with Crippen molar-refractivity contribution in [2.75, 3.05) is 4.90 Å². The van der Waals surface area contributed by atoms with Gasteiger partial charge < -0.3 is 9.32 Å². The van der Waals surface area contributed by atoms with E-state index in [1.807, 2.05) is 17.8 Å². The van der Waals surface area contributed by atoms with Crippen molar-refractivity contribution in [3.63, 3.8) is 0 Å². The fourth-order valence-electron chi connectivity index (χ4n) is 8.70. The van der Waals surface area contributed by atoms with Crippen LogP contribution in [0.2, 0.25) is 0 Å². The topological polar surface area (TPSA) is 16.4 Å². The Hall–Kier alpha value is -6.29. The molecule has 0 radical (unpaired) electrons. The number of rotatable bonds is 4. The fourth-order valence-corrected chi connectivity index (χ4v) is 9.93. The summed E-state index contributed by atoms with van der Waals surface area (Å²) in [6, 6.07) is 66.7. The Bertz CT molecular complexity index is 2810. The van der Waals surface area contributed by atoms with Crippen LogP contribution in [0.5, 0.6) is 0 Å². The number of nitrogens with zero attached hydrogens (tertiary/aromatic N) is 1. The van der Waals surface area contributed by atoms with E-state index in [4.69, 9.17) is 4.42 Å². The van der Waals surface area contributed by atoms with Crippen molar-refractivity contribution in [2.45, 2.75) is 15.2 Å². The molecule has 2 heterocycles. The maximum Gasteiger partial charge on any atom is 0.135 e. The predicted molar refractivity (Wildman–Crippen MR) is 215 cm³/mol. The third-order valence-corrected chi connectivity index (χ3v) is 12.1. The second kappa shape index (κ2) is 11.4. The molecule has 0 atom stereocenters. The zero-order chi connectivity index (χ0) is 34.2. The van der Waals surface area contributed by atoms with Crippen LogP contribution >= 0.6 is 11.8 Å². The molecule has 1 aliphatic carbocycles. The van der Waals surface area contributed by atoms with Crippen molar-refractivity contribution in [3.8, 4) is 22.3 Å². The van der Waals surface area contributed by atoms with Crippen LogP contribution in [0.25, 0.3) is 44.0 Å². The van der Waals surface area contributed by atoms with Crippen molar-refractivity contribution < 1.29 is 4.42 Å². The van der Waals surface area contributed by atoms with Gasteiger partial charge in [0.25, 0.3) is 0 Å². The highest BCUT2D eigenvalue weighted by Gasteiger charge is 2.50. The second-order valence-corrected chi connectivity index (χ2v) is 14.8. The number of hydrogen-bond acceptors (Lipinski definition) is 3. The number of benzene rings is 8. The molecule has 1 spiro atoms. The van der Waals surface area contributed by atoms with Gasteiger partial charge in [0.05, 0.1) is 11.7 Å². The highest BCUT2D eigenvalue weighted by atomic mass is 32.2. The molecular weight excluding hydrogens is 651 g/mol. The maximum atomic E-state index is 5.93. The first-order valence-electron chi connectivity index (χ1n) is 17.7. The summed E-state index contributed by atoms with van der Waals surface area (Å²) < 4.78 is 5.93. The van der Waals surface area contributed by atoms with Gasteiger partial charge in [-0.3, -0.25) is 0 Å². The summed E-state index contributed by atoms with van der Waals surface area (Å²) in [6.07, 6.45) is 1.77. The molecule has 2 aliphatic rings. The van der Waals surface area contributed by atoms with E-state index in [0.717, 1.165) is 28.0 Å². The minimum atomic E-state index is -0.403. The Morgan fingerprint density at radius 1 is 0.404 bits per heavy atom. The lowest BCUT2D eigenvalue weighted by atomic mass is 9.67. The maximum absolute atomic E-state index is 5.93. The molecule has 52 heavy (non-hydrogen) atoms. The van der Waals surface area contributed by atoms with Gasteiger partial charge in [0.15, 0.2) is 0 Å².